The summed E-state index contributed by atoms with van der Waals surface area (Å²) in [6.45, 7) is 7.62. The number of nitrogens with zero attached hydrogens (tertiary/aromatic N) is 6. The van der Waals surface area contributed by atoms with Crippen molar-refractivity contribution in [2.75, 3.05) is 43.4 Å². The van der Waals surface area contributed by atoms with Gasteiger partial charge in [-0.3, -0.25) is 9.48 Å². The van der Waals surface area contributed by atoms with Gasteiger partial charge in [-0.1, -0.05) is 38.1 Å². The fraction of sp³-hybridized carbons (Fsp3) is 0.500. The van der Waals surface area contributed by atoms with E-state index in [2.05, 4.69) is 48.1 Å². The van der Waals surface area contributed by atoms with E-state index in [0.29, 0.717) is 56.1 Å². The lowest BCUT2D eigenvalue weighted by Crippen LogP contribution is -2.51. The Morgan fingerprint density at radius 3 is 2.48 bits per heavy atom. The van der Waals surface area contributed by atoms with E-state index in [1.807, 2.05) is 11.9 Å². The molecule has 33 heavy (non-hydrogen) atoms. The van der Waals surface area contributed by atoms with Gasteiger partial charge in [0, 0.05) is 45.4 Å². The predicted molar refractivity (Wildman–Crippen MR) is 128 cm³/mol. The van der Waals surface area contributed by atoms with Crippen molar-refractivity contribution in [3.05, 3.63) is 29.8 Å². The normalized spacial score (nSPS) is 19.1. The van der Waals surface area contributed by atoms with Gasteiger partial charge in [0.05, 0.1) is 11.1 Å². The second kappa shape index (κ2) is 8.62. The number of hydrogen-bond donors (Lipinski definition) is 1. The van der Waals surface area contributed by atoms with Gasteiger partial charge in [0.2, 0.25) is 5.95 Å². The molecule has 2 N–H and O–H groups in total. The first-order valence-electron chi connectivity index (χ1n) is 11.7. The third-order valence-electron chi connectivity index (χ3n) is 6.66. The number of carbonyl (C=O) groups is 1. The molecule has 0 bridgehead atoms. The number of fused-ring (bicyclic) bond motifs is 1. The first-order valence-corrected chi connectivity index (χ1v) is 11.7. The molecule has 0 radical (unpaired) electrons. The first-order chi connectivity index (χ1) is 15.9. The second-order valence-electron chi connectivity index (χ2n) is 9.17. The van der Waals surface area contributed by atoms with Crippen LogP contribution in [0.15, 0.2) is 24.3 Å². The highest BCUT2D eigenvalue weighted by Crippen LogP contribution is 2.33. The topological polar surface area (TPSA) is 102 Å². The van der Waals surface area contributed by atoms with Gasteiger partial charge in [0.25, 0.3) is 5.91 Å². The van der Waals surface area contributed by atoms with E-state index in [1.165, 1.54) is 5.56 Å². The number of ether oxygens (including phenoxy) is 1. The zero-order valence-electron chi connectivity index (χ0n) is 19.5. The molecule has 2 aromatic heterocycles. The van der Waals surface area contributed by atoms with Crippen molar-refractivity contribution in [2.45, 2.75) is 38.7 Å². The summed E-state index contributed by atoms with van der Waals surface area (Å²) in [5.41, 5.74) is 9.97. The van der Waals surface area contributed by atoms with Gasteiger partial charge in [-0.15, -0.1) is 0 Å². The summed E-state index contributed by atoms with van der Waals surface area (Å²) in [5, 5.41) is 5.30. The predicted octanol–water partition coefficient (Wildman–Crippen LogP) is 2.56. The molecular weight excluding hydrogens is 418 g/mol. The Balaban J connectivity index is 1.44. The average Bonchev–Trinajstić information content (AvgIpc) is 3.47. The number of nitrogen functional groups attached to an aromatic ring is 1. The van der Waals surface area contributed by atoms with Crippen molar-refractivity contribution in [3.63, 3.8) is 0 Å². The second-order valence-corrected chi connectivity index (χ2v) is 9.17. The van der Waals surface area contributed by atoms with E-state index >= 15 is 0 Å². The quantitative estimate of drug-likeness (QED) is 0.653. The third-order valence-corrected chi connectivity index (χ3v) is 6.66. The summed E-state index contributed by atoms with van der Waals surface area (Å²) in [5.74, 6) is 1.73. The van der Waals surface area contributed by atoms with Gasteiger partial charge >= 0.3 is 0 Å². The van der Waals surface area contributed by atoms with Crippen LogP contribution in [0.1, 0.15) is 38.2 Å². The van der Waals surface area contributed by atoms with Crippen LogP contribution in [0.5, 0.6) is 0 Å². The van der Waals surface area contributed by atoms with E-state index in [0.717, 1.165) is 29.5 Å². The van der Waals surface area contributed by atoms with Crippen LogP contribution in [0.3, 0.4) is 0 Å². The molecule has 9 nitrogen and oxygen atoms in total. The Morgan fingerprint density at radius 1 is 1.12 bits per heavy atom. The van der Waals surface area contributed by atoms with Gasteiger partial charge in [-0.25, -0.2) is 4.98 Å². The van der Waals surface area contributed by atoms with Gasteiger partial charge in [0.15, 0.2) is 5.65 Å². The summed E-state index contributed by atoms with van der Waals surface area (Å²) < 4.78 is 7.22. The highest BCUT2D eigenvalue weighted by Gasteiger charge is 2.31. The Bertz CT molecular complexity index is 1160. The number of amides is 1. The molecule has 3 aromatic rings. The molecular formula is C24H31N7O2. The van der Waals surface area contributed by atoms with Gasteiger partial charge in [-0.05, 0) is 24.3 Å². The molecule has 0 spiro atoms. The molecule has 2 aliphatic rings. The molecule has 5 rings (SSSR count). The van der Waals surface area contributed by atoms with Crippen LogP contribution in [0.25, 0.3) is 22.3 Å². The van der Waals surface area contributed by atoms with Crippen molar-refractivity contribution in [2.24, 2.45) is 7.05 Å². The Morgan fingerprint density at radius 2 is 1.85 bits per heavy atom. The van der Waals surface area contributed by atoms with Crippen molar-refractivity contribution in [3.8, 4) is 11.3 Å². The van der Waals surface area contributed by atoms with E-state index in [9.17, 15) is 4.79 Å². The molecule has 9 heteroatoms. The van der Waals surface area contributed by atoms with E-state index < -0.39 is 0 Å². The summed E-state index contributed by atoms with van der Waals surface area (Å²) in [6, 6.07) is 8.45. The standard InChI is InChI=1S/C24H31N7O2/c1-15(2)16-6-8-17(9-7-16)20-19-21(25)29(3)28-22(19)27-24(26-20)31-12-10-30(11-13-31)23(32)18-5-4-14-33-18/h6-9,15,18H,4-5,10-14,25H2,1-3H3. The smallest absolute Gasteiger partial charge is 0.251 e. The number of anilines is 2. The van der Waals surface area contributed by atoms with Crippen LogP contribution in [0, 0.1) is 0 Å². The number of carbonyl (C=O) groups excluding carboxylic acids is 1. The van der Waals surface area contributed by atoms with Crippen LogP contribution in [-0.2, 0) is 16.6 Å². The van der Waals surface area contributed by atoms with E-state index in [1.54, 1.807) is 4.68 Å². The maximum absolute atomic E-state index is 12.7. The summed E-state index contributed by atoms with van der Waals surface area (Å²) in [6.07, 6.45) is 1.50. The summed E-state index contributed by atoms with van der Waals surface area (Å²) in [7, 11) is 1.82. The third kappa shape index (κ3) is 4.01. The fourth-order valence-corrected chi connectivity index (χ4v) is 4.58. The molecule has 1 amide bonds. The van der Waals surface area contributed by atoms with Crippen LogP contribution >= 0.6 is 0 Å². The minimum absolute atomic E-state index is 0.104. The van der Waals surface area contributed by atoms with Crippen molar-refractivity contribution in [1.29, 1.82) is 0 Å². The summed E-state index contributed by atoms with van der Waals surface area (Å²) >= 11 is 0. The highest BCUT2D eigenvalue weighted by atomic mass is 16.5. The van der Waals surface area contributed by atoms with E-state index in [-0.39, 0.29) is 12.0 Å². The Kier molecular flexibility index (Phi) is 5.65. The molecule has 2 saturated heterocycles. The molecule has 174 valence electrons. The molecule has 2 fully saturated rings. The van der Waals surface area contributed by atoms with Crippen molar-refractivity contribution >= 4 is 28.7 Å². The number of hydrogen-bond acceptors (Lipinski definition) is 7. The molecule has 0 saturated carbocycles. The molecule has 4 heterocycles. The minimum atomic E-state index is -0.277. The first kappa shape index (κ1) is 21.6. The number of nitrogens with two attached hydrogens (primary N) is 1. The van der Waals surface area contributed by atoms with E-state index in [4.69, 9.17) is 20.4 Å². The fourth-order valence-electron chi connectivity index (χ4n) is 4.58. The molecule has 2 aliphatic heterocycles. The van der Waals surface area contributed by atoms with Crippen LogP contribution in [0.4, 0.5) is 11.8 Å². The lowest BCUT2D eigenvalue weighted by atomic mass is 10.00. The largest absolute Gasteiger partial charge is 0.383 e. The lowest BCUT2D eigenvalue weighted by molar-refractivity contribution is -0.141. The number of benzene rings is 1. The van der Waals surface area contributed by atoms with Gasteiger partial charge < -0.3 is 20.3 Å². The number of rotatable bonds is 4. The van der Waals surface area contributed by atoms with Gasteiger partial charge in [-0.2, -0.15) is 10.1 Å². The molecule has 1 unspecified atom stereocenters. The molecule has 1 atom stereocenters. The summed E-state index contributed by atoms with van der Waals surface area (Å²) in [4.78, 5) is 26.4. The minimum Gasteiger partial charge on any atom is -0.383 e. The maximum Gasteiger partial charge on any atom is 0.251 e. The van der Waals surface area contributed by atoms with Gasteiger partial charge in [0.1, 0.15) is 11.9 Å². The monoisotopic (exact) mass is 449 g/mol. The lowest BCUT2D eigenvalue weighted by Gasteiger charge is -2.35. The van der Waals surface area contributed by atoms with Crippen LogP contribution in [0.2, 0.25) is 0 Å². The maximum atomic E-state index is 12.7. The van der Waals surface area contributed by atoms with Crippen molar-refractivity contribution in [1.82, 2.24) is 24.6 Å². The SMILES string of the molecule is CC(C)c1ccc(-c2nc(N3CCN(C(=O)C4CCCO4)CC3)nc3nn(C)c(N)c23)cc1. The molecule has 1 aromatic carbocycles. The van der Waals surface area contributed by atoms with Crippen LogP contribution < -0.4 is 10.6 Å². The highest BCUT2D eigenvalue weighted by molar-refractivity contribution is 5.99. The number of aromatic nitrogens is 4. The Labute approximate surface area is 193 Å². The average molecular weight is 450 g/mol. The molecule has 0 aliphatic carbocycles. The Hall–Kier alpha value is -3.20. The zero-order chi connectivity index (χ0) is 23.1. The number of piperazine rings is 1. The number of aryl methyl sites for hydroxylation is 1. The van der Waals surface area contributed by atoms with Crippen LogP contribution in [-0.4, -0.2) is 69.4 Å². The zero-order valence-corrected chi connectivity index (χ0v) is 19.5. The van der Waals surface area contributed by atoms with Crippen molar-refractivity contribution < 1.29 is 9.53 Å².